The molecule has 0 unspecified atom stereocenters. The third-order valence-corrected chi connectivity index (χ3v) is 4.67. The second-order valence-electron chi connectivity index (χ2n) is 5.27. The summed E-state index contributed by atoms with van der Waals surface area (Å²) >= 11 is 1.71. The zero-order chi connectivity index (χ0) is 13.3. The second kappa shape index (κ2) is 4.86. The van der Waals surface area contributed by atoms with Crippen LogP contribution in [0.1, 0.15) is 36.6 Å². The molecule has 0 radical (unpaired) electrons. The molecule has 2 aromatic rings. The highest BCUT2D eigenvalue weighted by Gasteiger charge is 2.26. The third kappa shape index (κ3) is 2.49. The van der Waals surface area contributed by atoms with Gasteiger partial charge in [-0.3, -0.25) is 0 Å². The van der Waals surface area contributed by atoms with Gasteiger partial charge in [0.1, 0.15) is 5.76 Å². The summed E-state index contributed by atoms with van der Waals surface area (Å²) in [7, 11) is 0. The quantitative estimate of drug-likeness (QED) is 0.917. The van der Waals surface area contributed by atoms with Crippen molar-refractivity contribution in [3.8, 4) is 10.8 Å². The van der Waals surface area contributed by atoms with Crippen molar-refractivity contribution in [1.29, 1.82) is 0 Å². The normalized spacial score (nSPS) is 12.1. The van der Waals surface area contributed by atoms with Crippen molar-refractivity contribution in [2.24, 2.45) is 5.73 Å². The Kier molecular flexibility index (Phi) is 3.59. The Morgan fingerprint density at radius 2 is 2.06 bits per heavy atom. The number of rotatable bonds is 4. The lowest BCUT2D eigenvalue weighted by atomic mass is 9.87. The molecule has 2 N–H and O–H groups in total. The minimum absolute atomic E-state index is 0.0797. The minimum Gasteiger partial charge on any atom is -0.459 e. The van der Waals surface area contributed by atoms with Gasteiger partial charge >= 0.3 is 0 Å². The molecule has 0 fully saturated rings. The van der Waals surface area contributed by atoms with Gasteiger partial charge in [0, 0.05) is 10.3 Å². The van der Waals surface area contributed by atoms with E-state index < -0.39 is 0 Å². The molecule has 2 aromatic heterocycles. The summed E-state index contributed by atoms with van der Waals surface area (Å²) in [6.07, 6.45) is 0.965. The maximum Gasteiger partial charge on any atom is 0.162 e. The predicted octanol–water partition coefficient (Wildman–Crippen LogP) is 3.65. The molecule has 0 aliphatic heterocycles. The van der Waals surface area contributed by atoms with Crippen molar-refractivity contribution in [2.75, 3.05) is 6.54 Å². The van der Waals surface area contributed by atoms with E-state index in [1.165, 1.54) is 4.88 Å². The van der Waals surface area contributed by atoms with Gasteiger partial charge in [0.15, 0.2) is 10.8 Å². The zero-order valence-corrected chi connectivity index (χ0v) is 12.2. The SMILES string of the molecule is Cc1ccc(-c2nc(C)c(C(C)(C)CCN)s2)o1. The van der Waals surface area contributed by atoms with Gasteiger partial charge in [-0.05, 0) is 38.9 Å². The molecular formula is C14H20N2OS. The molecule has 4 heteroatoms. The van der Waals surface area contributed by atoms with E-state index in [1.807, 2.05) is 19.1 Å². The summed E-state index contributed by atoms with van der Waals surface area (Å²) < 4.78 is 5.63. The first-order valence-corrected chi connectivity index (χ1v) is 7.00. The summed E-state index contributed by atoms with van der Waals surface area (Å²) in [6, 6.07) is 3.95. The van der Waals surface area contributed by atoms with Gasteiger partial charge in [-0.2, -0.15) is 0 Å². The molecule has 98 valence electrons. The molecule has 0 bridgehead atoms. The fraction of sp³-hybridized carbons (Fsp3) is 0.500. The van der Waals surface area contributed by atoms with Gasteiger partial charge in [-0.15, -0.1) is 11.3 Å². The maximum absolute atomic E-state index is 5.69. The fourth-order valence-corrected chi connectivity index (χ4v) is 3.31. The first-order chi connectivity index (χ1) is 8.44. The van der Waals surface area contributed by atoms with Gasteiger partial charge in [-0.25, -0.2) is 4.98 Å². The highest BCUT2D eigenvalue weighted by Crippen LogP contribution is 2.37. The molecule has 2 heterocycles. The van der Waals surface area contributed by atoms with Gasteiger partial charge in [0.2, 0.25) is 0 Å². The summed E-state index contributed by atoms with van der Waals surface area (Å²) in [5.74, 6) is 1.77. The Bertz CT molecular complexity index is 540. The van der Waals surface area contributed by atoms with Gasteiger partial charge < -0.3 is 10.2 Å². The van der Waals surface area contributed by atoms with E-state index in [-0.39, 0.29) is 5.41 Å². The molecule has 3 nitrogen and oxygen atoms in total. The van der Waals surface area contributed by atoms with Crippen molar-refractivity contribution in [1.82, 2.24) is 4.98 Å². The number of aryl methyl sites for hydroxylation is 2. The molecule has 2 rings (SSSR count). The van der Waals surface area contributed by atoms with Gasteiger partial charge in [0.05, 0.1) is 5.69 Å². The lowest BCUT2D eigenvalue weighted by Gasteiger charge is -2.22. The second-order valence-corrected chi connectivity index (χ2v) is 6.27. The maximum atomic E-state index is 5.69. The molecule has 0 atom stereocenters. The van der Waals surface area contributed by atoms with Crippen LogP contribution >= 0.6 is 11.3 Å². The van der Waals surface area contributed by atoms with Crippen molar-refractivity contribution in [3.63, 3.8) is 0 Å². The Labute approximate surface area is 112 Å². The number of furan rings is 1. The molecule has 0 aromatic carbocycles. The first kappa shape index (κ1) is 13.3. The number of nitrogens with zero attached hydrogens (tertiary/aromatic N) is 1. The number of aromatic nitrogens is 1. The highest BCUT2D eigenvalue weighted by molar-refractivity contribution is 7.15. The summed E-state index contributed by atoms with van der Waals surface area (Å²) in [5.41, 5.74) is 6.85. The van der Waals surface area contributed by atoms with Crippen LogP contribution in [0.3, 0.4) is 0 Å². The van der Waals surface area contributed by atoms with Crippen LogP contribution in [0.2, 0.25) is 0 Å². The van der Waals surface area contributed by atoms with Crippen molar-refractivity contribution in [3.05, 3.63) is 28.5 Å². The van der Waals surface area contributed by atoms with E-state index in [0.29, 0.717) is 6.54 Å². The number of hydrogen-bond acceptors (Lipinski definition) is 4. The topological polar surface area (TPSA) is 52.0 Å². The first-order valence-electron chi connectivity index (χ1n) is 6.19. The standard InChI is InChI=1S/C14H20N2OS/c1-9-5-6-11(17-9)13-16-10(2)12(18-13)14(3,4)7-8-15/h5-6H,7-8,15H2,1-4H3. The van der Waals surface area contributed by atoms with Crippen LogP contribution in [0.15, 0.2) is 16.5 Å². The number of thiazole rings is 1. The molecule has 0 saturated carbocycles. The molecule has 18 heavy (non-hydrogen) atoms. The lowest BCUT2D eigenvalue weighted by Crippen LogP contribution is -2.21. The number of nitrogens with two attached hydrogens (primary N) is 1. The summed E-state index contributed by atoms with van der Waals surface area (Å²) in [5, 5.41) is 0.959. The zero-order valence-electron chi connectivity index (χ0n) is 11.4. The predicted molar refractivity (Wildman–Crippen MR) is 76.0 cm³/mol. The summed E-state index contributed by atoms with van der Waals surface area (Å²) in [4.78, 5) is 5.93. The Morgan fingerprint density at radius 3 is 2.61 bits per heavy atom. The van der Waals surface area contributed by atoms with E-state index >= 15 is 0 Å². The van der Waals surface area contributed by atoms with Gasteiger partial charge in [0.25, 0.3) is 0 Å². The van der Waals surface area contributed by atoms with E-state index in [1.54, 1.807) is 11.3 Å². The monoisotopic (exact) mass is 264 g/mol. The molecule has 0 saturated heterocycles. The molecule has 0 aliphatic carbocycles. The lowest BCUT2D eigenvalue weighted by molar-refractivity contribution is 0.494. The molecule has 0 amide bonds. The molecule has 0 aliphatic rings. The summed E-state index contributed by atoms with van der Waals surface area (Å²) in [6.45, 7) is 9.14. The van der Waals surface area contributed by atoms with Crippen molar-refractivity contribution in [2.45, 2.75) is 39.5 Å². The largest absolute Gasteiger partial charge is 0.459 e. The Morgan fingerprint density at radius 1 is 1.33 bits per heavy atom. The molecule has 0 spiro atoms. The molecular weight excluding hydrogens is 244 g/mol. The van der Waals surface area contributed by atoms with Crippen LogP contribution in [0.5, 0.6) is 0 Å². The Balaban J connectivity index is 2.38. The third-order valence-electron chi connectivity index (χ3n) is 3.13. The van der Waals surface area contributed by atoms with Crippen LogP contribution in [-0.2, 0) is 5.41 Å². The highest BCUT2D eigenvalue weighted by atomic mass is 32.1. The van der Waals surface area contributed by atoms with Crippen molar-refractivity contribution >= 4 is 11.3 Å². The van der Waals surface area contributed by atoms with Crippen LogP contribution in [0.25, 0.3) is 10.8 Å². The van der Waals surface area contributed by atoms with Crippen LogP contribution < -0.4 is 5.73 Å². The van der Waals surface area contributed by atoms with E-state index in [4.69, 9.17) is 10.2 Å². The van der Waals surface area contributed by atoms with E-state index in [2.05, 4.69) is 25.8 Å². The van der Waals surface area contributed by atoms with E-state index in [0.717, 1.165) is 28.6 Å². The van der Waals surface area contributed by atoms with Crippen LogP contribution in [-0.4, -0.2) is 11.5 Å². The minimum atomic E-state index is 0.0797. The fourth-order valence-electron chi connectivity index (χ4n) is 2.15. The average Bonchev–Trinajstić information content (AvgIpc) is 2.84. The average molecular weight is 264 g/mol. The van der Waals surface area contributed by atoms with Crippen LogP contribution in [0, 0.1) is 13.8 Å². The van der Waals surface area contributed by atoms with Gasteiger partial charge in [-0.1, -0.05) is 13.8 Å². The Hall–Kier alpha value is -1.13. The van der Waals surface area contributed by atoms with Crippen molar-refractivity contribution < 1.29 is 4.42 Å². The van der Waals surface area contributed by atoms with E-state index in [9.17, 15) is 0 Å². The number of hydrogen-bond donors (Lipinski definition) is 1. The van der Waals surface area contributed by atoms with Crippen LogP contribution in [0.4, 0.5) is 0 Å². The smallest absolute Gasteiger partial charge is 0.162 e.